The van der Waals surface area contributed by atoms with Gasteiger partial charge < -0.3 is 35.1 Å². The molecule has 0 aliphatic rings. The molecule has 0 fully saturated rings. The number of nitrogens with zero attached hydrogens (tertiary/aromatic N) is 2. The molecule has 11 nitrogen and oxygen atoms in total. The van der Waals surface area contributed by atoms with Crippen LogP contribution in [0, 0.1) is 6.92 Å². The molecule has 7 N–H and O–H groups in total. The van der Waals surface area contributed by atoms with Crippen LogP contribution in [0.3, 0.4) is 0 Å². The van der Waals surface area contributed by atoms with Crippen molar-refractivity contribution in [2.24, 2.45) is 9.98 Å². The molecule has 0 spiro atoms. The quantitative estimate of drug-likeness (QED) is 0.0762. The first-order valence-corrected chi connectivity index (χ1v) is 14.0. The van der Waals surface area contributed by atoms with Gasteiger partial charge in [-0.2, -0.15) is 0 Å². The molecule has 6 rings (SSSR count). The van der Waals surface area contributed by atoms with Gasteiger partial charge in [-0.3, -0.25) is 15.3 Å². The number of ether oxygens (including phenoxy) is 1. The number of aromatic hydroxyl groups is 4. The normalized spacial score (nSPS) is 11.2. The molecule has 0 unspecified atom stereocenters. The number of nitrogens with one attached hydrogen (secondary N) is 3. The van der Waals surface area contributed by atoms with Crippen LogP contribution in [0.25, 0.3) is 21.8 Å². The zero-order chi connectivity index (χ0) is 31.9. The Morgan fingerprint density at radius 3 is 1.82 bits per heavy atom. The largest absolute Gasteiger partial charge is 0.508 e. The summed E-state index contributed by atoms with van der Waals surface area (Å²) in [4.78, 5) is 25.8. The number of H-pyrrole nitrogens is 2. The average Bonchev–Trinajstić information content (AvgIpc) is 3.52. The van der Waals surface area contributed by atoms with Gasteiger partial charge in [0.05, 0.1) is 34.8 Å². The zero-order valence-electron chi connectivity index (χ0n) is 24.4. The second-order valence-electron chi connectivity index (χ2n) is 9.90. The SMILES string of the molecule is CCOC(=O)Nc1ccc(N=Cc2c(O)[nH]c3ccccc23)cc1O.Cc1cc(N=Cc2c(O)[nH]c3ccccc23)ccc1O. The third-order valence-electron chi connectivity index (χ3n) is 6.81. The van der Waals surface area contributed by atoms with Crippen molar-refractivity contribution in [2.75, 3.05) is 11.9 Å². The average molecular weight is 606 g/mol. The number of hydrogen-bond donors (Lipinski definition) is 7. The lowest BCUT2D eigenvalue weighted by molar-refractivity contribution is 0.168. The lowest BCUT2D eigenvalue weighted by atomic mass is 10.2. The van der Waals surface area contributed by atoms with Crippen molar-refractivity contribution in [3.05, 3.63) is 102 Å². The smallest absolute Gasteiger partial charge is 0.411 e. The Morgan fingerprint density at radius 1 is 0.756 bits per heavy atom. The summed E-state index contributed by atoms with van der Waals surface area (Å²) in [6.07, 6.45) is 2.50. The van der Waals surface area contributed by atoms with Gasteiger partial charge in [0, 0.05) is 40.3 Å². The molecular weight excluding hydrogens is 574 g/mol. The highest BCUT2D eigenvalue weighted by molar-refractivity contribution is 6.03. The molecule has 6 aromatic rings. The summed E-state index contributed by atoms with van der Waals surface area (Å²) < 4.78 is 4.76. The minimum absolute atomic E-state index is 0.0229. The van der Waals surface area contributed by atoms with Gasteiger partial charge in [-0.25, -0.2) is 4.79 Å². The lowest BCUT2D eigenvalue weighted by Gasteiger charge is -2.07. The Hall–Kier alpha value is -6.23. The van der Waals surface area contributed by atoms with E-state index in [4.69, 9.17) is 4.74 Å². The summed E-state index contributed by atoms with van der Waals surface area (Å²) in [6.45, 7) is 3.75. The molecule has 4 aromatic carbocycles. The number of hydrogen-bond acceptors (Lipinski definition) is 8. The molecule has 0 aliphatic carbocycles. The first-order valence-electron chi connectivity index (χ1n) is 14.0. The molecule has 0 aliphatic heterocycles. The third kappa shape index (κ3) is 7.05. The van der Waals surface area contributed by atoms with Gasteiger partial charge in [-0.05, 0) is 61.9 Å². The van der Waals surface area contributed by atoms with Crippen molar-refractivity contribution in [3.8, 4) is 23.3 Å². The second kappa shape index (κ2) is 13.4. The lowest BCUT2D eigenvalue weighted by Crippen LogP contribution is -2.13. The van der Waals surface area contributed by atoms with E-state index in [-0.39, 0.29) is 35.6 Å². The predicted molar refractivity (Wildman–Crippen MR) is 176 cm³/mol. The fraction of sp³-hybridized carbons (Fsp3) is 0.0882. The Morgan fingerprint density at radius 2 is 1.29 bits per heavy atom. The van der Waals surface area contributed by atoms with E-state index in [2.05, 4.69) is 25.3 Å². The van der Waals surface area contributed by atoms with Gasteiger partial charge in [0.15, 0.2) is 11.8 Å². The number of aromatic amines is 2. The molecule has 1 amide bonds. The fourth-order valence-corrected chi connectivity index (χ4v) is 4.54. The van der Waals surface area contributed by atoms with Gasteiger partial charge >= 0.3 is 6.09 Å². The Balaban J connectivity index is 0.000000182. The number of para-hydroxylation sites is 2. The number of benzene rings is 4. The highest BCUT2D eigenvalue weighted by atomic mass is 16.5. The first-order chi connectivity index (χ1) is 21.7. The molecule has 11 heteroatoms. The monoisotopic (exact) mass is 605 g/mol. The second-order valence-corrected chi connectivity index (χ2v) is 9.90. The maximum Gasteiger partial charge on any atom is 0.411 e. The number of amides is 1. The maximum atomic E-state index is 11.4. The number of aryl methyl sites for hydroxylation is 1. The molecule has 0 saturated carbocycles. The van der Waals surface area contributed by atoms with E-state index in [0.717, 1.165) is 33.1 Å². The van der Waals surface area contributed by atoms with E-state index in [1.165, 1.54) is 18.3 Å². The highest BCUT2D eigenvalue weighted by Gasteiger charge is 2.10. The van der Waals surface area contributed by atoms with Crippen LogP contribution in [0.4, 0.5) is 21.9 Å². The topological polar surface area (TPSA) is 176 Å². The van der Waals surface area contributed by atoms with E-state index in [1.54, 1.807) is 37.4 Å². The molecular formula is C34H31N5O6. The van der Waals surface area contributed by atoms with Gasteiger partial charge in [-0.1, -0.05) is 36.4 Å². The van der Waals surface area contributed by atoms with E-state index >= 15 is 0 Å². The number of fused-ring (bicyclic) bond motifs is 2. The summed E-state index contributed by atoms with van der Waals surface area (Å²) in [5.74, 6) is 0.241. The number of aromatic nitrogens is 2. The predicted octanol–water partition coefficient (Wildman–Crippen LogP) is 7.54. The maximum absolute atomic E-state index is 11.4. The molecule has 0 radical (unpaired) electrons. The summed E-state index contributed by atoms with van der Waals surface area (Å²) in [5.41, 5.74) is 5.08. The summed E-state index contributed by atoms with van der Waals surface area (Å²) >= 11 is 0. The van der Waals surface area contributed by atoms with Crippen LogP contribution in [0.15, 0.2) is 94.9 Å². The first kappa shape index (κ1) is 30.2. The van der Waals surface area contributed by atoms with E-state index in [0.29, 0.717) is 16.8 Å². The van der Waals surface area contributed by atoms with Crippen molar-refractivity contribution in [2.45, 2.75) is 13.8 Å². The Kier molecular flexibility index (Phi) is 8.99. The summed E-state index contributed by atoms with van der Waals surface area (Å²) in [6, 6.07) is 24.8. The number of anilines is 1. The van der Waals surface area contributed by atoms with E-state index < -0.39 is 6.09 Å². The summed E-state index contributed by atoms with van der Waals surface area (Å²) in [5, 5.41) is 43.6. The van der Waals surface area contributed by atoms with Crippen molar-refractivity contribution in [1.82, 2.24) is 9.97 Å². The van der Waals surface area contributed by atoms with Crippen molar-refractivity contribution in [1.29, 1.82) is 0 Å². The zero-order valence-corrected chi connectivity index (χ0v) is 24.4. The Bertz CT molecular complexity index is 2040. The number of carbonyl (C=O) groups is 1. The van der Waals surface area contributed by atoms with Crippen LogP contribution in [0.2, 0.25) is 0 Å². The van der Waals surface area contributed by atoms with Crippen molar-refractivity contribution in [3.63, 3.8) is 0 Å². The van der Waals surface area contributed by atoms with Gasteiger partial charge in [0.25, 0.3) is 0 Å². The molecule has 2 aromatic heterocycles. The van der Waals surface area contributed by atoms with Crippen molar-refractivity contribution >= 4 is 57.4 Å². The van der Waals surface area contributed by atoms with Crippen LogP contribution < -0.4 is 5.32 Å². The van der Waals surface area contributed by atoms with Crippen molar-refractivity contribution < 1.29 is 30.0 Å². The number of phenolic OH excluding ortho intramolecular Hbond substituents is 2. The number of phenols is 2. The van der Waals surface area contributed by atoms with Crippen LogP contribution in [-0.2, 0) is 4.74 Å². The number of rotatable bonds is 6. The van der Waals surface area contributed by atoms with E-state index in [1.807, 2.05) is 55.5 Å². The van der Waals surface area contributed by atoms with Crippen LogP contribution in [-0.4, -0.2) is 55.5 Å². The number of aliphatic imine (C=N–C) groups is 2. The molecule has 0 bridgehead atoms. The van der Waals surface area contributed by atoms with Crippen LogP contribution in [0.5, 0.6) is 23.3 Å². The third-order valence-corrected chi connectivity index (χ3v) is 6.81. The summed E-state index contributed by atoms with van der Waals surface area (Å²) in [7, 11) is 0. The minimum atomic E-state index is -0.641. The van der Waals surface area contributed by atoms with Gasteiger partial charge in [-0.15, -0.1) is 0 Å². The van der Waals surface area contributed by atoms with Gasteiger partial charge in [0.2, 0.25) is 0 Å². The molecule has 0 atom stereocenters. The van der Waals surface area contributed by atoms with E-state index in [9.17, 15) is 25.2 Å². The minimum Gasteiger partial charge on any atom is -0.508 e. The number of carbonyl (C=O) groups excluding carboxylic acids is 1. The molecule has 2 heterocycles. The van der Waals surface area contributed by atoms with Crippen LogP contribution >= 0.6 is 0 Å². The standard InChI is InChI=1S/C18H17N3O4.C16H14N2O2/c1-2-25-18(24)21-15-8-7-11(9-16(15)22)19-10-13-12-5-3-4-6-14(12)20-17(13)23;1-10-8-11(6-7-15(10)19)17-9-13-12-4-2-3-5-14(12)18-16(13)20/h3-10,20,22-23H,2H2,1H3,(H,21,24);2-9,18-20H,1H3. The molecule has 45 heavy (non-hydrogen) atoms. The highest BCUT2D eigenvalue weighted by Crippen LogP contribution is 2.30. The fourth-order valence-electron chi connectivity index (χ4n) is 4.54. The Labute approximate surface area is 257 Å². The molecule has 228 valence electrons. The van der Waals surface area contributed by atoms with Crippen LogP contribution in [0.1, 0.15) is 23.6 Å². The van der Waals surface area contributed by atoms with Gasteiger partial charge in [0.1, 0.15) is 11.5 Å². The molecule has 0 saturated heterocycles.